The van der Waals surface area contributed by atoms with Gasteiger partial charge >= 0.3 is 17.8 Å². The van der Waals surface area contributed by atoms with Crippen LogP contribution in [0.25, 0.3) is 10.6 Å². The Balaban J connectivity index is 1.27. The topological polar surface area (TPSA) is 123 Å². The Morgan fingerprint density at radius 3 is 2.21 bits per heavy atom. The summed E-state index contributed by atoms with van der Waals surface area (Å²) in [6.45, 7) is 0. The van der Waals surface area contributed by atoms with Crippen molar-refractivity contribution in [2.75, 3.05) is 5.32 Å². The second-order valence-electron chi connectivity index (χ2n) is 6.76. The summed E-state index contributed by atoms with van der Waals surface area (Å²) in [4.78, 5) is 36.1. The number of amides is 2. The van der Waals surface area contributed by atoms with Gasteiger partial charge in [-0.3, -0.25) is 14.9 Å². The first-order chi connectivity index (χ1) is 16.6. The number of aromatic nitrogens is 2. The smallest absolute Gasteiger partial charge is 0.343 e. The molecule has 0 bridgehead atoms. The average Bonchev–Trinajstić information content (AvgIpc) is 3.34. The minimum absolute atomic E-state index is 0.198. The van der Waals surface area contributed by atoms with Crippen LogP contribution in [0, 0.1) is 0 Å². The molecule has 0 atom stereocenters. The number of esters is 1. The molecule has 0 saturated carbocycles. The predicted octanol–water partition coefficient (Wildman–Crippen LogP) is 3.51. The molecule has 2 amide bonds. The van der Waals surface area contributed by atoms with E-state index in [0.29, 0.717) is 21.9 Å². The first-order valence-corrected chi connectivity index (χ1v) is 10.8. The summed E-state index contributed by atoms with van der Waals surface area (Å²) in [7, 11) is 0. The molecule has 4 rings (SSSR count). The standard InChI is InChI=1S/C24H17N5O4S/c30-20(26-24-29-28-22(34-24)17-7-3-1-4-8-17)21(31)27-25-15-16-11-13-19(14-12-16)33-23(32)18-9-5-2-6-10-18/h1-15H,(H,27,31)(H,26,29,30)/b25-15+. The van der Waals surface area contributed by atoms with Gasteiger partial charge in [-0.05, 0) is 42.0 Å². The maximum absolute atomic E-state index is 12.1. The Kier molecular flexibility index (Phi) is 7.11. The summed E-state index contributed by atoms with van der Waals surface area (Å²) < 4.78 is 5.30. The van der Waals surface area contributed by atoms with Gasteiger partial charge in [0.1, 0.15) is 10.8 Å². The lowest BCUT2D eigenvalue weighted by molar-refractivity contribution is -0.136. The molecule has 2 N–H and O–H groups in total. The zero-order valence-corrected chi connectivity index (χ0v) is 18.4. The number of hydrogen-bond acceptors (Lipinski definition) is 8. The van der Waals surface area contributed by atoms with E-state index in [0.717, 1.165) is 16.9 Å². The van der Waals surface area contributed by atoms with Crippen LogP contribution in [0.2, 0.25) is 0 Å². The summed E-state index contributed by atoms with van der Waals surface area (Å²) >= 11 is 1.15. The lowest BCUT2D eigenvalue weighted by atomic mass is 10.2. The van der Waals surface area contributed by atoms with Crippen LogP contribution in [0.5, 0.6) is 5.75 Å². The van der Waals surface area contributed by atoms with E-state index in [1.807, 2.05) is 36.4 Å². The van der Waals surface area contributed by atoms with Crippen LogP contribution >= 0.6 is 11.3 Å². The highest BCUT2D eigenvalue weighted by Gasteiger charge is 2.16. The highest BCUT2D eigenvalue weighted by Crippen LogP contribution is 2.25. The van der Waals surface area contributed by atoms with E-state index in [1.54, 1.807) is 48.5 Å². The molecule has 1 aromatic heterocycles. The summed E-state index contributed by atoms with van der Waals surface area (Å²) in [6, 6.07) is 24.5. The fourth-order valence-electron chi connectivity index (χ4n) is 2.70. The molecule has 0 fully saturated rings. The van der Waals surface area contributed by atoms with Crippen LogP contribution in [-0.2, 0) is 9.59 Å². The number of nitrogens with zero attached hydrogens (tertiary/aromatic N) is 3. The Labute approximate surface area is 198 Å². The van der Waals surface area contributed by atoms with Gasteiger partial charge in [-0.2, -0.15) is 5.10 Å². The van der Waals surface area contributed by atoms with Crippen LogP contribution < -0.4 is 15.5 Å². The van der Waals surface area contributed by atoms with Gasteiger partial charge in [0, 0.05) is 5.56 Å². The van der Waals surface area contributed by atoms with E-state index in [-0.39, 0.29) is 5.13 Å². The van der Waals surface area contributed by atoms with Crippen molar-refractivity contribution in [1.82, 2.24) is 15.6 Å². The maximum Gasteiger partial charge on any atom is 0.343 e. The molecule has 168 valence electrons. The van der Waals surface area contributed by atoms with Crippen molar-refractivity contribution in [2.45, 2.75) is 0 Å². The third kappa shape index (κ3) is 5.96. The van der Waals surface area contributed by atoms with Gasteiger partial charge < -0.3 is 4.74 Å². The molecule has 0 aliphatic carbocycles. The van der Waals surface area contributed by atoms with Crippen LogP contribution in [0.4, 0.5) is 5.13 Å². The number of hydrazone groups is 1. The first-order valence-electron chi connectivity index (χ1n) is 9.99. The number of rotatable bonds is 6. The number of anilines is 1. The largest absolute Gasteiger partial charge is 0.423 e. The average molecular weight is 471 g/mol. The van der Waals surface area contributed by atoms with Gasteiger partial charge in [-0.25, -0.2) is 10.2 Å². The Morgan fingerprint density at radius 2 is 1.50 bits per heavy atom. The monoisotopic (exact) mass is 471 g/mol. The zero-order valence-electron chi connectivity index (χ0n) is 17.5. The second kappa shape index (κ2) is 10.7. The van der Waals surface area contributed by atoms with Gasteiger partial charge in [0.25, 0.3) is 0 Å². The van der Waals surface area contributed by atoms with E-state index in [4.69, 9.17) is 4.74 Å². The van der Waals surface area contributed by atoms with Gasteiger partial charge in [-0.15, -0.1) is 10.2 Å². The third-order valence-electron chi connectivity index (χ3n) is 4.35. The number of nitrogens with one attached hydrogen (secondary N) is 2. The van der Waals surface area contributed by atoms with Gasteiger partial charge in [0.2, 0.25) is 5.13 Å². The van der Waals surface area contributed by atoms with Gasteiger partial charge in [-0.1, -0.05) is 59.9 Å². The Hall–Kier alpha value is -4.70. The maximum atomic E-state index is 12.1. The molecule has 0 saturated heterocycles. The number of ether oxygens (including phenoxy) is 1. The fourth-order valence-corrected chi connectivity index (χ4v) is 3.45. The second-order valence-corrected chi connectivity index (χ2v) is 7.73. The SMILES string of the molecule is O=C(N/N=C/c1ccc(OC(=O)c2ccccc2)cc1)C(=O)Nc1nnc(-c2ccccc2)s1. The van der Waals surface area contributed by atoms with Crippen LogP contribution in [0.3, 0.4) is 0 Å². The van der Waals surface area contributed by atoms with Crippen molar-refractivity contribution in [1.29, 1.82) is 0 Å². The third-order valence-corrected chi connectivity index (χ3v) is 5.24. The fraction of sp³-hybridized carbons (Fsp3) is 0. The summed E-state index contributed by atoms with van der Waals surface area (Å²) in [5, 5.41) is 14.9. The number of carbonyl (C=O) groups excluding carboxylic acids is 3. The van der Waals surface area contributed by atoms with E-state index in [2.05, 4.69) is 26.0 Å². The minimum Gasteiger partial charge on any atom is -0.423 e. The zero-order chi connectivity index (χ0) is 23.8. The highest BCUT2D eigenvalue weighted by atomic mass is 32.1. The Bertz CT molecular complexity index is 1320. The molecule has 0 unspecified atom stereocenters. The van der Waals surface area contributed by atoms with E-state index < -0.39 is 17.8 Å². The number of carbonyl (C=O) groups is 3. The molecule has 1 heterocycles. The molecule has 0 aliphatic rings. The number of hydrogen-bond donors (Lipinski definition) is 2. The van der Waals surface area contributed by atoms with Crippen molar-refractivity contribution in [2.24, 2.45) is 5.10 Å². The Morgan fingerprint density at radius 1 is 0.824 bits per heavy atom. The van der Waals surface area contributed by atoms with E-state index in [1.165, 1.54) is 6.21 Å². The molecule has 0 radical (unpaired) electrons. The molecule has 9 nitrogen and oxygen atoms in total. The van der Waals surface area contributed by atoms with Crippen molar-refractivity contribution in [3.8, 4) is 16.3 Å². The normalized spacial score (nSPS) is 10.6. The molecule has 0 spiro atoms. The number of benzene rings is 3. The molecule has 34 heavy (non-hydrogen) atoms. The van der Waals surface area contributed by atoms with E-state index in [9.17, 15) is 14.4 Å². The molecule has 10 heteroatoms. The van der Waals surface area contributed by atoms with Crippen molar-refractivity contribution in [3.63, 3.8) is 0 Å². The molecule has 0 aliphatic heterocycles. The summed E-state index contributed by atoms with van der Waals surface area (Å²) in [5.41, 5.74) is 4.07. The highest BCUT2D eigenvalue weighted by molar-refractivity contribution is 7.18. The predicted molar refractivity (Wildman–Crippen MR) is 128 cm³/mol. The summed E-state index contributed by atoms with van der Waals surface area (Å²) in [5.74, 6) is -1.98. The van der Waals surface area contributed by atoms with Crippen molar-refractivity contribution in [3.05, 3.63) is 96.1 Å². The lowest BCUT2D eigenvalue weighted by Crippen LogP contribution is -2.32. The van der Waals surface area contributed by atoms with Crippen molar-refractivity contribution < 1.29 is 19.1 Å². The van der Waals surface area contributed by atoms with Crippen LogP contribution in [-0.4, -0.2) is 34.2 Å². The molecule has 3 aromatic carbocycles. The minimum atomic E-state index is -0.957. The summed E-state index contributed by atoms with van der Waals surface area (Å²) in [6.07, 6.45) is 1.35. The molecular formula is C24H17N5O4S. The van der Waals surface area contributed by atoms with Crippen LogP contribution in [0.1, 0.15) is 15.9 Å². The molecule has 4 aromatic rings. The lowest BCUT2D eigenvalue weighted by Gasteiger charge is -2.04. The quantitative estimate of drug-likeness (QED) is 0.146. The van der Waals surface area contributed by atoms with E-state index >= 15 is 0 Å². The van der Waals surface area contributed by atoms with Crippen LogP contribution in [0.15, 0.2) is 90.0 Å². The van der Waals surface area contributed by atoms with Crippen molar-refractivity contribution >= 4 is 40.5 Å². The van der Waals surface area contributed by atoms with Gasteiger partial charge in [0.05, 0.1) is 11.8 Å². The molecular weight excluding hydrogens is 454 g/mol. The van der Waals surface area contributed by atoms with Gasteiger partial charge in [0.15, 0.2) is 0 Å². The first kappa shape index (κ1) is 22.5.